The summed E-state index contributed by atoms with van der Waals surface area (Å²) in [6.07, 6.45) is 5.31. The van der Waals surface area contributed by atoms with Gasteiger partial charge in [-0.3, -0.25) is 4.79 Å². The van der Waals surface area contributed by atoms with Gasteiger partial charge in [0.2, 0.25) is 0 Å². The Morgan fingerprint density at radius 3 is 2.03 bits per heavy atom. The van der Waals surface area contributed by atoms with E-state index in [0.717, 1.165) is 38.7 Å². The lowest BCUT2D eigenvalue weighted by Gasteiger charge is -2.29. The number of carbonyl (C=O) groups is 1. The summed E-state index contributed by atoms with van der Waals surface area (Å²) in [5.74, 6) is 0. The largest absolute Gasteiger partial charge is 0.311 e. The van der Waals surface area contributed by atoms with E-state index in [1.165, 1.54) is 22.5 Å². The number of rotatable bonds is 5. The van der Waals surface area contributed by atoms with Crippen LogP contribution in [0.2, 0.25) is 0 Å². The maximum absolute atomic E-state index is 11.3. The molecule has 0 radical (unpaired) electrons. The van der Waals surface area contributed by atoms with E-state index < -0.39 is 0 Å². The average Bonchev–Trinajstić information content (AvgIpc) is 3.28. The van der Waals surface area contributed by atoms with Gasteiger partial charge in [0.1, 0.15) is 0 Å². The van der Waals surface area contributed by atoms with Crippen LogP contribution in [0.5, 0.6) is 0 Å². The van der Waals surface area contributed by atoms with Gasteiger partial charge in [0, 0.05) is 27.4 Å². The Kier molecular flexibility index (Phi) is 5.31. The first-order valence-electron chi connectivity index (χ1n) is 10.0. The lowest BCUT2D eigenvalue weighted by atomic mass is 9.82. The standard InChI is InChI=1S/C27H25NOS/c1-5-20(28(21-12-8-6-9-13-21)22-14-10-7-11-15-22)16-24-19(2)26-25(27(24,3)4)17-23(18-29)30-26/h5-18H,2H2,1,3-4H3/b20-5+,24-16+. The number of aldehydes is 1. The third kappa shape index (κ3) is 3.35. The lowest BCUT2D eigenvalue weighted by molar-refractivity contribution is 0.112. The number of hydrogen-bond acceptors (Lipinski definition) is 3. The summed E-state index contributed by atoms with van der Waals surface area (Å²) < 4.78 is 0. The molecule has 0 atom stereocenters. The monoisotopic (exact) mass is 411 g/mol. The smallest absolute Gasteiger partial charge is 0.160 e. The van der Waals surface area contributed by atoms with E-state index in [1.54, 1.807) is 0 Å². The number of benzene rings is 2. The Balaban J connectivity index is 1.83. The van der Waals surface area contributed by atoms with Crippen LogP contribution in [0.3, 0.4) is 0 Å². The fourth-order valence-corrected chi connectivity index (χ4v) is 5.21. The molecule has 2 nitrogen and oxygen atoms in total. The molecular formula is C27H25NOS. The highest BCUT2D eigenvalue weighted by Crippen LogP contribution is 2.52. The van der Waals surface area contributed by atoms with Gasteiger partial charge in [-0.25, -0.2) is 0 Å². The highest BCUT2D eigenvalue weighted by molar-refractivity contribution is 7.15. The van der Waals surface area contributed by atoms with E-state index in [1.807, 2.05) is 18.2 Å². The minimum Gasteiger partial charge on any atom is -0.311 e. The van der Waals surface area contributed by atoms with Crippen LogP contribution in [0.25, 0.3) is 5.57 Å². The number of fused-ring (bicyclic) bond motifs is 1. The van der Waals surface area contributed by atoms with Crippen molar-refractivity contribution < 1.29 is 4.79 Å². The normalized spacial score (nSPS) is 16.6. The predicted octanol–water partition coefficient (Wildman–Crippen LogP) is 7.53. The highest BCUT2D eigenvalue weighted by Gasteiger charge is 2.39. The van der Waals surface area contributed by atoms with E-state index in [-0.39, 0.29) is 5.41 Å². The first-order valence-corrected chi connectivity index (χ1v) is 10.9. The summed E-state index contributed by atoms with van der Waals surface area (Å²) in [6.45, 7) is 10.9. The van der Waals surface area contributed by atoms with Crippen molar-refractivity contribution >= 4 is 34.6 Å². The minimum atomic E-state index is -0.211. The number of carbonyl (C=O) groups excluding carboxylic acids is 1. The summed E-state index contributed by atoms with van der Waals surface area (Å²) in [6, 6.07) is 22.8. The van der Waals surface area contributed by atoms with Crippen molar-refractivity contribution in [3.8, 4) is 0 Å². The Hall–Kier alpha value is -3.17. The van der Waals surface area contributed by atoms with Crippen molar-refractivity contribution in [3.63, 3.8) is 0 Å². The van der Waals surface area contributed by atoms with Gasteiger partial charge in [0.05, 0.1) is 4.88 Å². The maximum Gasteiger partial charge on any atom is 0.160 e. The predicted molar refractivity (Wildman–Crippen MR) is 129 cm³/mol. The molecule has 0 bridgehead atoms. The second-order valence-corrected chi connectivity index (χ2v) is 8.97. The summed E-state index contributed by atoms with van der Waals surface area (Å²) in [4.78, 5) is 15.4. The molecule has 0 fully saturated rings. The van der Waals surface area contributed by atoms with Crippen molar-refractivity contribution in [1.29, 1.82) is 0 Å². The van der Waals surface area contributed by atoms with Crippen LogP contribution < -0.4 is 4.90 Å². The highest BCUT2D eigenvalue weighted by atomic mass is 32.1. The number of thiophene rings is 1. The molecule has 0 saturated heterocycles. The minimum absolute atomic E-state index is 0.211. The Morgan fingerprint density at radius 2 is 1.57 bits per heavy atom. The van der Waals surface area contributed by atoms with Gasteiger partial charge in [-0.05, 0) is 60.0 Å². The van der Waals surface area contributed by atoms with Crippen LogP contribution in [0.4, 0.5) is 11.4 Å². The average molecular weight is 412 g/mol. The molecule has 0 aliphatic heterocycles. The van der Waals surface area contributed by atoms with Crippen LogP contribution >= 0.6 is 11.3 Å². The number of hydrogen-bond donors (Lipinski definition) is 0. The van der Waals surface area contributed by atoms with Gasteiger partial charge in [-0.2, -0.15) is 0 Å². The van der Waals surface area contributed by atoms with E-state index in [0.29, 0.717) is 0 Å². The number of allylic oxidation sites excluding steroid dienone is 4. The topological polar surface area (TPSA) is 20.3 Å². The van der Waals surface area contributed by atoms with Crippen LogP contribution in [-0.4, -0.2) is 6.29 Å². The number of nitrogens with zero attached hydrogens (tertiary/aromatic N) is 1. The molecule has 0 spiro atoms. The van der Waals surface area contributed by atoms with Gasteiger partial charge in [0.25, 0.3) is 0 Å². The van der Waals surface area contributed by atoms with Gasteiger partial charge in [-0.15, -0.1) is 11.3 Å². The van der Waals surface area contributed by atoms with E-state index in [9.17, 15) is 4.79 Å². The molecule has 0 amide bonds. The quantitative estimate of drug-likeness (QED) is 0.404. The molecule has 1 heterocycles. The fourth-order valence-electron chi connectivity index (χ4n) is 4.09. The van der Waals surface area contributed by atoms with Crippen molar-refractivity contribution in [3.05, 3.63) is 112 Å². The molecule has 2 aromatic carbocycles. The third-order valence-corrected chi connectivity index (χ3v) is 6.81. The summed E-state index contributed by atoms with van der Waals surface area (Å²) in [5.41, 5.74) is 6.47. The summed E-state index contributed by atoms with van der Waals surface area (Å²) >= 11 is 1.53. The molecule has 4 rings (SSSR count). The number of anilines is 2. The third-order valence-electron chi connectivity index (χ3n) is 5.69. The van der Waals surface area contributed by atoms with Gasteiger partial charge >= 0.3 is 0 Å². The maximum atomic E-state index is 11.3. The Bertz CT molecular complexity index is 1110. The molecule has 3 aromatic rings. The second kappa shape index (κ2) is 7.92. The fraction of sp³-hybridized carbons (Fsp3) is 0.148. The van der Waals surface area contributed by atoms with E-state index >= 15 is 0 Å². The first-order chi connectivity index (χ1) is 14.5. The molecular weight excluding hydrogens is 386 g/mol. The zero-order chi connectivity index (χ0) is 21.3. The van der Waals surface area contributed by atoms with Gasteiger partial charge in [-0.1, -0.05) is 62.9 Å². The van der Waals surface area contributed by atoms with Gasteiger partial charge in [0.15, 0.2) is 6.29 Å². The molecule has 0 saturated carbocycles. The van der Waals surface area contributed by atoms with Crippen molar-refractivity contribution in [1.82, 2.24) is 0 Å². The van der Waals surface area contributed by atoms with Crippen LogP contribution in [0.15, 0.2) is 96.7 Å². The van der Waals surface area contributed by atoms with Crippen LogP contribution in [0.1, 0.15) is 40.9 Å². The zero-order valence-electron chi connectivity index (χ0n) is 17.6. The molecule has 1 aliphatic rings. The molecule has 3 heteroatoms. The molecule has 150 valence electrons. The zero-order valence-corrected chi connectivity index (χ0v) is 18.4. The lowest BCUT2D eigenvalue weighted by Crippen LogP contribution is -2.19. The molecule has 1 aliphatic carbocycles. The van der Waals surface area contributed by atoms with E-state index in [4.69, 9.17) is 0 Å². The van der Waals surface area contributed by atoms with Crippen molar-refractivity contribution in [2.45, 2.75) is 26.2 Å². The van der Waals surface area contributed by atoms with Crippen molar-refractivity contribution in [2.75, 3.05) is 4.90 Å². The van der Waals surface area contributed by atoms with Crippen LogP contribution in [0, 0.1) is 0 Å². The molecule has 0 N–H and O–H groups in total. The first kappa shape index (κ1) is 20.1. The molecule has 0 unspecified atom stereocenters. The van der Waals surface area contributed by atoms with Crippen molar-refractivity contribution in [2.24, 2.45) is 0 Å². The van der Waals surface area contributed by atoms with E-state index in [2.05, 4.69) is 92.9 Å². The second-order valence-electron chi connectivity index (χ2n) is 7.89. The summed E-state index contributed by atoms with van der Waals surface area (Å²) in [7, 11) is 0. The van der Waals surface area contributed by atoms with Gasteiger partial charge < -0.3 is 4.90 Å². The number of para-hydroxylation sites is 2. The SMILES string of the molecule is C=C1/C(=C\C(=C/C)N(c2ccccc2)c2ccccc2)C(C)(C)c2cc(C=O)sc21. The molecule has 30 heavy (non-hydrogen) atoms. The molecule has 1 aromatic heterocycles. The Labute approximate surface area is 182 Å². The Morgan fingerprint density at radius 1 is 1.00 bits per heavy atom. The van der Waals surface area contributed by atoms with Crippen LogP contribution in [-0.2, 0) is 5.41 Å². The summed E-state index contributed by atoms with van der Waals surface area (Å²) in [5, 5.41) is 0.